The molecule has 0 saturated heterocycles. The van der Waals surface area contributed by atoms with Gasteiger partial charge in [0.1, 0.15) is 0 Å². The second kappa shape index (κ2) is 5.42. The van der Waals surface area contributed by atoms with Crippen molar-refractivity contribution in [3.63, 3.8) is 0 Å². The molecule has 0 bridgehead atoms. The molecule has 0 atom stereocenters. The second-order valence-electron chi connectivity index (χ2n) is 2.62. The van der Waals surface area contributed by atoms with Gasteiger partial charge in [-0.25, -0.2) is 0 Å². The Kier molecular flexibility index (Phi) is 4.86. The predicted octanol–water partition coefficient (Wildman–Crippen LogP) is 2.80. The van der Waals surface area contributed by atoms with Gasteiger partial charge in [-0.05, 0) is 31.1 Å². The average molecular weight is 163 g/mol. The van der Waals surface area contributed by atoms with Crippen molar-refractivity contribution in [2.24, 2.45) is 0 Å². The summed E-state index contributed by atoms with van der Waals surface area (Å²) in [5.41, 5.74) is 2.95. The Morgan fingerprint density at radius 1 is 1.33 bits per heavy atom. The summed E-state index contributed by atoms with van der Waals surface area (Å²) in [5, 5.41) is 3.07. The van der Waals surface area contributed by atoms with Crippen LogP contribution in [0.1, 0.15) is 13.8 Å². The summed E-state index contributed by atoms with van der Waals surface area (Å²) >= 11 is 0. The molecule has 12 heavy (non-hydrogen) atoms. The van der Waals surface area contributed by atoms with Crippen LogP contribution < -0.4 is 5.32 Å². The molecular weight excluding hydrogens is 146 g/mol. The maximum absolute atomic E-state index is 3.91. The van der Waals surface area contributed by atoms with Crippen molar-refractivity contribution in [2.45, 2.75) is 13.8 Å². The molecule has 1 N–H and O–H groups in total. The highest BCUT2D eigenvalue weighted by Crippen LogP contribution is 2.12. The van der Waals surface area contributed by atoms with E-state index in [9.17, 15) is 0 Å². The fourth-order valence-electron chi connectivity index (χ4n) is 0.757. The molecule has 0 unspecified atom stereocenters. The lowest BCUT2D eigenvalue weighted by Crippen LogP contribution is -2.07. The number of hydrogen-bond acceptors (Lipinski definition) is 1. The monoisotopic (exact) mass is 163 g/mol. The minimum Gasteiger partial charge on any atom is -0.388 e. The van der Waals surface area contributed by atoms with Gasteiger partial charge in [0.2, 0.25) is 0 Å². The summed E-state index contributed by atoms with van der Waals surface area (Å²) in [4.78, 5) is 0. The zero-order valence-electron chi connectivity index (χ0n) is 8.15. The molecular formula is C11H17N. The number of rotatable bonds is 4. The molecule has 0 amide bonds. The van der Waals surface area contributed by atoms with Gasteiger partial charge in [-0.1, -0.05) is 25.3 Å². The first-order valence-electron chi connectivity index (χ1n) is 3.99. The third kappa shape index (κ3) is 3.24. The van der Waals surface area contributed by atoms with Crippen LogP contribution in [0.5, 0.6) is 0 Å². The van der Waals surface area contributed by atoms with Crippen molar-refractivity contribution in [1.82, 2.24) is 5.32 Å². The minimum atomic E-state index is 0.954. The molecule has 0 aromatic carbocycles. The van der Waals surface area contributed by atoms with Crippen molar-refractivity contribution >= 4 is 0 Å². The quantitative estimate of drug-likeness (QED) is 0.628. The van der Waals surface area contributed by atoms with E-state index in [4.69, 9.17) is 0 Å². The van der Waals surface area contributed by atoms with Gasteiger partial charge in [-0.15, -0.1) is 0 Å². The minimum absolute atomic E-state index is 0.954. The molecule has 0 aliphatic carbocycles. The number of allylic oxidation sites excluding steroid dienone is 4. The zero-order chi connectivity index (χ0) is 9.56. The fourth-order valence-corrected chi connectivity index (χ4v) is 0.757. The van der Waals surface area contributed by atoms with Crippen LogP contribution >= 0.6 is 0 Å². The Labute approximate surface area is 75.2 Å². The van der Waals surface area contributed by atoms with Crippen LogP contribution in [0.25, 0.3) is 0 Å². The lowest BCUT2D eigenvalue weighted by molar-refractivity contribution is 1.01. The van der Waals surface area contributed by atoms with Gasteiger partial charge >= 0.3 is 0 Å². The average Bonchev–Trinajstić information content (AvgIpc) is 2.05. The van der Waals surface area contributed by atoms with E-state index in [0.717, 1.165) is 16.8 Å². The maximum Gasteiger partial charge on any atom is 0.0407 e. The molecule has 1 nitrogen and oxygen atoms in total. The molecule has 0 heterocycles. The number of hydrogen-bond donors (Lipinski definition) is 1. The van der Waals surface area contributed by atoms with Gasteiger partial charge in [0.25, 0.3) is 0 Å². The van der Waals surface area contributed by atoms with Crippen LogP contribution in [0, 0.1) is 0 Å². The van der Waals surface area contributed by atoms with Crippen LogP contribution in [0.15, 0.2) is 48.2 Å². The number of likely N-dealkylation sites (N-methyl/N-ethyl adjacent to an activating group) is 1. The summed E-state index contributed by atoms with van der Waals surface area (Å²) in [6.07, 6.45) is 5.93. The Bertz CT molecular complexity index is 231. The Balaban J connectivity index is 4.56. The van der Waals surface area contributed by atoms with Crippen molar-refractivity contribution in [1.29, 1.82) is 0 Å². The van der Waals surface area contributed by atoms with Gasteiger partial charge in [0.15, 0.2) is 0 Å². The normalized spacial score (nSPS) is 11.8. The zero-order valence-corrected chi connectivity index (χ0v) is 8.15. The van der Waals surface area contributed by atoms with Crippen molar-refractivity contribution < 1.29 is 0 Å². The topological polar surface area (TPSA) is 12.0 Å². The molecule has 66 valence electrons. The third-order valence-corrected chi connectivity index (χ3v) is 1.56. The van der Waals surface area contributed by atoms with E-state index in [0.29, 0.717) is 0 Å². The Hall–Kier alpha value is -1.24. The van der Waals surface area contributed by atoms with E-state index >= 15 is 0 Å². The van der Waals surface area contributed by atoms with E-state index in [1.54, 1.807) is 0 Å². The van der Waals surface area contributed by atoms with Gasteiger partial charge in [-0.3, -0.25) is 0 Å². The molecule has 0 spiro atoms. The third-order valence-electron chi connectivity index (χ3n) is 1.56. The smallest absolute Gasteiger partial charge is 0.0407 e. The standard InChI is InChI=1S/C11H17N/c1-6-7-8-11(12-5)10(4)9(2)3/h6-8,12H,2,4H2,1,3,5H3/b7-6-,11-8+. The van der Waals surface area contributed by atoms with Crippen LogP contribution in [0.2, 0.25) is 0 Å². The van der Waals surface area contributed by atoms with Gasteiger partial charge in [-0.2, -0.15) is 0 Å². The van der Waals surface area contributed by atoms with E-state index in [-0.39, 0.29) is 0 Å². The van der Waals surface area contributed by atoms with Crippen LogP contribution in [0.4, 0.5) is 0 Å². The summed E-state index contributed by atoms with van der Waals surface area (Å²) in [7, 11) is 1.88. The summed E-state index contributed by atoms with van der Waals surface area (Å²) in [6, 6.07) is 0. The highest BCUT2D eigenvalue weighted by atomic mass is 14.8. The first-order valence-corrected chi connectivity index (χ1v) is 3.99. The first-order chi connectivity index (χ1) is 5.63. The van der Waals surface area contributed by atoms with Crippen LogP contribution in [-0.2, 0) is 0 Å². The van der Waals surface area contributed by atoms with Gasteiger partial charge < -0.3 is 5.32 Å². The van der Waals surface area contributed by atoms with E-state index in [2.05, 4.69) is 18.5 Å². The second-order valence-corrected chi connectivity index (χ2v) is 2.62. The lowest BCUT2D eigenvalue weighted by atomic mass is 10.1. The molecule has 0 fully saturated rings. The molecule has 0 saturated carbocycles. The predicted molar refractivity (Wildman–Crippen MR) is 55.9 cm³/mol. The highest BCUT2D eigenvalue weighted by molar-refractivity contribution is 5.42. The summed E-state index contributed by atoms with van der Waals surface area (Å²) < 4.78 is 0. The molecule has 0 aliphatic heterocycles. The molecule has 0 aromatic heterocycles. The van der Waals surface area contributed by atoms with E-state index < -0.39 is 0 Å². The largest absolute Gasteiger partial charge is 0.388 e. The molecule has 0 aromatic rings. The maximum atomic E-state index is 3.91. The number of nitrogens with one attached hydrogen (secondary N) is 1. The fraction of sp³-hybridized carbons (Fsp3) is 0.273. The molecule has 1 heteroatoms. The Morgan fingerprint density at radius 2 is 1.92 bits per heavy atom. The van der Waals surface area contributed by atoms with Gasteiger partial charge in [0.05, 0.1) is 0 Å². The van der Waals surface area contributed by atoms with Crippen molar-refractivity contribution in [3.05, 3.63) is 48.2 Å². The SMILES string of the molecule is C=C(C)C(=C)/C(=C\C=C/C)NC. The molecule has 0 radical (unpaired) electrons. The molecule has 0 aliphatic rings. The van der Waals surface area contributed by atoms with E-state index in [1.165, 1.54) is 0 Å². The van der Waals surface area contributed by atoms with Gasteiger partial charge in [0, 0.05) is 12.7 Å². The Morgan fingerprint density at radius 3 is 2.25 bits per heavy atom. The van der Waals surface area contributed by atoms with Crippen molar-refractivity contribution in [2.75, 3.05) is 7.05 Å². The summed E-state index contributed by atoms with van der Waals surface area (Å²) in [5.74, 6) is 0. The van der Waals surface area contributed by atoms with Crippen LogP contribution in [0.3, 0.4) is 0 Å². The first kappa shape index (κ1) is 10.8. The lowest BCUT2D eigenvalue weighted by Gasteiger charge is -2.08. The van der Waals surface area contributed by atoms with E-state index in [1.807, 2.05) is 39.1 Å². The van der Waals surface area contributed by atoms with Crippen molar-refractivity contribution in [3.8, 4) is 0 Å². The highest BCUT2D eigenvalue weighted by Gasteiger charge is 1.98. The van der Waals surface area contributed by atoms with Crippen LogP contribution in [-0.4, -0.2) is 7.05 Å². The molecule has 0 rings (SSSR count). The summed E-state index contributed by atoms with van der Waals surface area (Å²) in [6.45, 7) is 11.7.